The molecular weight excluding hydrogens is 663 g/mol. The van der Waals surface area contributed by atoms with Crippen LogP contribution in [0, 0.1) is 0 Å². The van der Waals surface area contributed by atoms with Gasteiger partial charge >= 0.3 is 0 Å². The summed E-state index contributed by atoms with van der Waals surface area (Å²) in [7, 11) is 0. The van der Waals surface area contributed by atoms with Crippen molar-refractivity contribution in [1.29, 1.82) is 0 Å². The van der Waals surface area contributed by atoms with Gasteiger partial charge in [-0.05, 0) is 119 Å². The highest BCUT2D eigenvalue weighted by atomic mass is 15.1. The summed E-state index contributed by atoms with van der Waals surface area (Å²) in [5, 5.41) is 7.43. The van der Waals surface area contributed by atoms with Crippen molar-refractivity contribution in [2.45, 2.75) is 0 Å². The second-order valence-corrected chi connectivity index (χ2v) is 14.1. The van der Waals surface area contributed by atoms with Gasteiger partial charge in [0, 0.05) is 17.1 Å². The summed E-state index contributed by atoms with van der Waals surface area (Å²) in [6, 6.07) is 81.5. The topological polar surface area (TPSA) is 3.24 Å². The van der Waals surface area contributed by atoms with Gasteiger partial charge in [-0.25, -0.2) is 0 Å². The molecule has 0 bridgehead atoms. The first-order valence-electron chi connectivity index (χ1n) is 18.9. The van der Waals surface area contributed by atoms with Crippen LogP contribution in [0.2, 0.25) is 0 Å². The maximum atomic E-state index is 2.40. The first-order valence-corrected chi connectivity index (χ1v) is 18.9. The van der Waals surface area contributed by atoms with Crippen molar-refractivity contribution in [1.82, 2.24) is 0 Å². The summed E-state index contributed by atoms with van der Waals surface area (Å²) in [5.41, 5.74) is 13.0. The molecule has 0 aliphatic heterocycles. The Morgan fingerprint density at radius 1 is 0.236 bits per heavy atom. The van der Waals surface area contributed by atoms with Crippen molar-refractivity contribution in [3.63, 3.8) is 0 Å². The van der Waals surface area contributed by atoms with Crippen molar-refractivity contribution in [3.05, 3.63) is 224 Å². The van der Waals surface area contributed by atoms with E-state index in [2.05, 4.69) is 229 Å². The highest BCUT2D eigenvalue weighted by Gasteiger charge is 2.18. The van der Waals surface area contributed by atoms with E-state index in [1.807, 2.05) is 0 Å². The Balaban J connectivity index is 1.13. The molecule has 0 aliphatic rings. The van der Waals surface area contributed by atoms with Crippen molar-refractivity contribution in [3.8, 4) is 44.5 Å². The van der Waals surface area contributed by atoms with E-state index in [1.54, 1.807) is 0 Å². The zero-order valence-corrected chi connectivity index (χ0v) is 30.3. The molecule has 10 aromatic rings. The highest BCUT2D eigenvalue weighted by Crippen LogP contribution is 2.43. The normalized spacial score (nSPS) is 11.3. The van der Waals surface area contributed by atoms with Crippen LogP contribution in [0.25, 0.3) is 76.8 Å². The van der Waals surface area contributed by atoms with E-state index >= 15 is 0 Å². The number of benzene rings is 10. The number of fused-ring (bicyclic) bond motifs is 3. The molecule has 0 amide bonds. The molecule has 0 aromatic heterocycles. The fourth-order valence-corrected chi connectivity index (χ4v) is 8.13. The lowest BCUT2D eigenvalue weighted by Gasteiger charge is -2.27. The van der Waals surface area contributed by atoms with E-state index < -0.39 is 0 Å². The van der Waals surface area contributed by atoms with Gasteiger partial charge in [0.15, 0.2) is 0 Å². The fraction of sp³-hybridized carbons (Fsp3) is 0. The molecule has 0 fully saturated rings. The van der Waals surface area contributed by atoms with Gasteiger partial charge in [-0.3, -0.25) is 0 Å². The maximum Gasteiger partial charge on any atom is 0.0474 e. The Hall–Kier alpha value is -7.22. The number of anilines is 3. The van der Waals surface area contributed by atoms with Crippen LogP contribution in [0.4, 0.5) is 17.1 Å². The minimum absolute atomic E-state index is 1.10. The summed E-state index contributed by atoms with van der Waals surface area (Å²) < 4.78 is 0. The summed E-state index contributed by atoms with van der Waals surface area (Å²) in [6.45, 7) is 0. The molecule has 258 valence electrons. The number of hydrogen-bond donors (Lipinski definition) is 0. The second kappa shape index (κ2) is 14.0. The van der Waals surface area contributed by atoms with Gasteiger partial charge in [0.25, 0.3) is 0 Å². The van der Waals surface area contributed by atoms with E-state index in [1.165, 1.54) is 76.8 Å². The molecule has 0 saturated carbocycles. The molecule has 0 N–H and O–H groups in total. The van der Waals surface area contributed by atoms with Gasteiger partial charge in [0.1, 0.15) is 0 Å². The van der Waals surface area contributed by atoms with Crippen LogP contribution in [0.1, 0.15) is 0 Å². The molecule has 0 saturated heterocycles. The van der Waals surface area contributed by atoms with Crippen molar-refractivity contribution in [2.24, 2.45) is 0 Å². The molecule has 0 radical (unpaired) electrons. The Morgan fingerprint density at radius 2 is 0.727 bits per heavy atom. The van der Waals surface area contributed by atoms with Crippen LogP contribution in [0.15, 0.2) is 224 Å². The average molecular weight is 700 g/mol. The number of hydrogen-bond acceptors (Lipinski definition) is 1. The second-order valence-electron chi connectivity index (χ2n) is 14.1. The summed E-state index contributed by atoms with van der Waals surface area (Å²) >= 11 is 0. The van der Waals surface area contributed by atoms with E-state index in [-0.39, 0.29) is 0 Å². The summed E-state index contributed by atoms with van der Waals surface area (Å²) in [5.74, 6) is 0. The third kappa shape index (κ3) is 6.12. The lowest BCUT2D eigenvalue weighted by molar-refractivity contribution is 1.29. The third-order valence-corrected chi connectivity index (χ3v) is 10.8. The molecule has 0 unspecified atom stereocenters. The van der Waals surface area contributed by atoms with Gasteiger partial charge in [-0.1, -0.05) is 182 Å². The first kappa shape index (κ1) is 32.4. The Morgan fingerprint density at radius 3 is 1.40 bits per heavy atom. The van der Waals surface area contributed by atoms with Gasteiger partial charge in [-0.2, -0.15) is 0 Å². The van der Waals surface area contributed by atoms with E-state index in [9.17, 15) is 0 Å². The predicted molar refractivity (Wildman–Crippen MR) is 235 cm³/mol. The monoisotopic (exact) mass is 699 g/mol. The zero-order chi connectivity index (χ0) is 36.6. The van der Waals surface area contributed by atoms with Gasteiger partial charge in [0.2, 0.25) is 0 Å². The van der Waals surface area contributed by atoms with E-state index in [4.69, 9.17) is 0 Å². The molecule has 0 atom stereocenters. The Labute approximate surface area is 322 Å². The lowest BCUT2D eigenvalue weighted by Crippen LogP contribution is -2.10. The molecule has 10 aromatic carbocycles. The highest BCUT2D eigenvalue weighted by molar-refractivity contribution is 6.07. The van der Waals surface area contributed by atoms with Crippen LogP contribution in [0.5, 0.6) is 0 Å². The molecule has 0 heterocycles. The predicted octanol–water partition coefficient (Wildman–Crippen LogP) is 15.3. The maximum absolute atomic E-state index is 2.40. The lowest BCUT2D eigenvalue weighted by atomic mass is 9.91. The van der Waals surface area contributed by atoms with Gasteiger partial charge < -0.3 is 4.90 Å². The molecule has 10 rings (SSSR count). The van der Waals surface area contributed by atoms with Gasteiger partial charge in [0.05, 0.1) is 0 Å². The molecule has 1 heteroatoms. The SMILES string of the molecule is c1ccc(-c2ccc(N(c3ccc(-c4cccc5cccc(-c6ccccc6)c45)cc3)c3cc(-c4ccc5ccccc5c4)c4ccccc4c3)cc2)cc1. The van der Waals surface area contributed by atoms with Crippen LogP contribution >= 0.6 is 0 Å². The Bertz CT molecular complexity index is 2940. The van der Waals surface area contributed by atoms with E-state index in [0.717, 1.165) is 17.1 Å². The zero-order valence-electron chi connectivity index (χ0n) is 30.3. The third-order valence-electron chi connectivity index (χ3n) is 10.8. The summed E-state index contributed by atoms with van der Waals surface area (Å²) in [4.78, 5) is 2.40. The van der Waals surface area contributed by atoms with Crippen LogP contribution in [-0.4, -0.2) is 0 Å². The largest absolute Gasteiger partial charge is 0.310 e. The number of rotatable bonds is 7. The smallest absolute Gasteiger partial charge is 0.0474 e. The van der Waals surface area contributed by atoms with Crippen molar-refractivity contribution < 1.29 is 0 Å². The average Bonchev–Trinajstić information content (AvgIpc) is 3.27. The molecule has 0 spiro atoms. The van der Waals surface area contributed by atoms with E-state index in [0.29, 0.717) is 0 Å². The van der Waals surface area contributed by atoms with Crippen molar-refractivity contribution >= 4 is 49.4 Å². The molecule has 0 aliphatic carbocycles. The minimum Gasteiger partial charge on any atom is -0.310 e. The molecule has 55 heavy (non-hydrogen) atoms. The van der Waals surface area contributed by atoms with Crippen LogP contribution in [-0.2, 0) is 0 Å². The minimum atomic E-state index is 1.10. The fourth-order valence-electron chi connectivity index (χ4n) is 8.13. The standard InChI is InChI=1S/C54H37N/c1-3-13-38(14-4-1)40-27-31-47(32-28-40)55(49-36-45-19-9-10-22-50(45)53(37-49)46-26-25-39-15-7-8-18-44(39)35-46)48-33-29-42(30-34-48)52-24-12-21-43-20-11-23-51(54(43)52)41-16-5-2-6-17-41/h1-37H. The first-order chi connectivity index (χ1) is 27.3. The van der Waals surface area contributed by atoms with Gasteiger partial charge in [-0.15, -0.1) is 0 Å². The summed E-state index contributed by atoms with van der Waals surface area (Å²) in [6.07, 6.45) is 0. The number of nitrogens with zero attached hydrogens (tertiary/aromatic N) is 1. The van der Waals surface area contributed by atoms with Crippen LogP contribution < -0.4 is 4.90 Å². The van der Waals surface area contributed by atoms with Crippen LogP contribution in [0.3, 0.4) is 0 Å². The Kier molecular flexibility index (Phi) is 8.24. The molecular formula is C54H37N. The van der Waals surface area contributed by atoms with Crippen molar-refractivity contribution in [2.75, 3.05) is 4.90 Å². The molecule has 1 nitrogen and oxygen atoms in total. The quantitative estimate of drug-likeness (QED) is 0.160.